The average molecular weight is 596 g/mol. The number of halogens is 2. The van der Waals surface area contributed by atoms with Crippen LogP contribution in [0, 0.1) is 0 Å². The van der Waals surface area contributed by atoms with Gasteiger partial charge in [-0.2, -0.15) is 0 Å². The number of hydrogen-bond donors (Lipinski definition) is 1. The van der Waals surface area contributed by atoms with Crippen molar-refractivity contribution in [1.29, 1.82) is 0 Å². The summed E-state index contributed by atoms with van der Waals surface area (Å²) >= 11 is 19.1. The monoisotopic (exact) mass is 594 g/mol. The minimum Gasteiger partial charge on any atom is -0.489 e. The fraction of sp³-hybridized carbons (Fsp3) is 0.103. The van der Waals surface area contributed by atoms with Crippen molar-refractivity contribution < 1.29 is 19.4 Å². The zero-order chi connectivity index (χ0) is 27.5. The summed E-state index contributed by atoms with van der Waals surface area (Å²) in [7, 11) is 0. The van der Waals surface area contributed by atoms with E-state index >= 15 is 0 Å². The molecule has 1 fully saturated rings. The summed E-state index contributed by atoms with van der Waals surface area (Å²) in [6.45, 7) is 0.301. The Morgan fingerprint density at radius 1 is 1.08 bits per heavy atom. The van der Waals surface area contributed by atoms with Crippen LogP contribution >= 0.6 is 47.2 Å². The Balaban J connectivity index is 1.40. The Kier molecular flexibility index (Phi) is 8.18. The molecule has 0 spiro atoms. The number of pyridine rings is 1. The van der Waals surface area contributed by atoms with Crippen LogP contribution in [0.1, 0.15) is 16.7 Å². The third-order valence-electron chi connectivity index (χ3n) is 6.10. The van der Waals surface area contributed by atoms with Crippen molar-refractivity contribution in [3.8, 4) is 5.75 Å². The highest BCUT2D eigenvalue weighted by Gasteiger charge is 2.40. The topological polar surface area (TPSA) is 79.7 Å². The van der Waals surface area contributed by atoms with Gasteiger partial charge in [0.2, 0.25) is 0 Å². The molecule has 1 saturated heterocycles. The van der Waals surface area contributed by atoms with E-state index in [-0.39, 0.29) is 20.8 Å². The number of hydrogen-bond acceptors (Lipinski definition) is 6. The summed E-state index contributed by atoms with van der Waals surface area (Å²) in [6, 6.07) is 22.7. The zero-order valence-corrected chi connectivity index (χ0v) is 23.4. The fourth-order valence-electron chi connectivity index (χ4n) is 4.13. The van der Waals surface area contributed by atoms with Crippen LogP contribution in [-0.4, -0.2) is 37.2 Å². The molecule has 2 heterocycles. The van der Waals surface area contributed by atoms with Crippen molar-refractivity contribution in [2.75, 3.05) is 0 Å². The van der Waals surface area contributed by atoms with Gasteiger partial charge in [0.25, 0.3) is 5.91 Å². The number of aromatic nitrogens is 1. The molecule has 1 N–H and O–H groups in total. The van der Waals surface area contributed by atoms with Gasteiger partial charge in [0.15, 0.2) is 0 Å². The van der Waals surface area contributed by atoms with E-state index in [0.717, 1.165) is 33.2 Å². The van der Waals surface area contributed by atoms with Gasteiger partial charge in [-0.1, -0.05) is 95.7 Å². The van der Waals surface area contributed by atoms with Gasteiger partial charge in [-0.05, 0) is 42.0 Å². The van der Waals surface area contributed by atoms with Crippen LogP contribution in [0.5, 0.6) is 5.75 Å². The highest BCUT2D eigenvalue weighted by atomic mass is 35.5. The maximum Gasteiger partial charge on any atom is 0.327 e. The molecule has 0 saturated carbocycles. The number of carboxylic acid groups (broad SMARTS) is 1. The number of carbonyl (C=O) groups is 2. The molecule has 0 unspecified atom stereocenters. The number of amides is 1. The Labute approximate surface area is 244 Å². The van der Waals surface area contributed by atoms with E-state index in [1.165, 1.54) is 0 Å². The molecule has 1 atom stereocenters. The number of benzene rings is 3. The van der Waals surface area contributed by atoms with Crippen molar-refractivity contribution in [3.63, 3.8) is 0 Å². The smallest absolute Gasteiger partial charge is 0.327 e. The fourth-order valence-corrected chi connectivity index (χ4v) is 5.87. The zero-order valence-electron chi connectivity index (χ0n) is 20.2. The van der Waals surface area contributed by atoms with Crippen molar-refractivity contribution in [1.82, 2.24) is 9.88 Å². The summed E-state index contributed by atoms with van der Waals surface area (Å²) in [5, 5.41) is 11.5. The van der Waals surface area contributed by atoms with Crippen molar-refractivity contribution >= 4 is 80.4 Å². The molecule has 1 aliphatic rings. The standard InChI is InChI=1S/C29H20Cl2N2O4S2/c30-22-9-5-4-8-18(22)16-37-21-10-11-23-19(14-21)13-20(26(31)32-23)15-25-27(34)33(29(38)39-25)24(28(35)36)12-17-6-2-1-3-7-17/h1-11,13-15,24H,12,16H2,(H,35,36)/b25-15-/t24-/m0/s1. The molecule has 3 aromatic carbocycles. The number of rotatable bonds is 8. The molecule has 196 valence electrons. The maximum atomic E-state index is 13.3. The molecule has 0 aliphatic carbocycles. The molecule has 4 aromatic rings. The van der Waals surface area contributed by atoms with Crippen molar-refractivity contribution in [2.45, 2.75) is 19.1 Å². The lowest BCUT2D eigenvalue weighted by atomic mass is 10.0. The van der Waals surface area contributed by atoms with E-state index < -0.39 is 17.9 Å². The summed E-state index contributed by atoms with van der Waals surface area (Å²) < 4.78 is 6.10. The third kappa shape index (κ3) is 6.09. The van der Waals surface area contributed by atoms with Crippen molar-refractivity contribution in [3.05, 3.63) is 111 Å². The van der Waals surface area contributed by atoms with Crippen LogP contribution in [0.2, 0.25) is 10.2 Å². The largest absolute Gasteiger partial charge is 0.489 e. The van der Waals surface area contributed by atoms with Gasteiger partial charge < -0.3 is 9.84 Å². The highest BCUT2D eigenvalue weighted by Crippen LogP contribution is 2.36. The third-order valence-corrected chi connectivity index (χ3v) is 8.10. The van der Waals surface area contributed by atoms with Crippen LogP contribution < -0.4 is 4.74 Å². The lowest BCUT2D eigenvalue weighted by Crippen LogP contribution is -2.45. The van der Waals surface area contributed by atoms with Crippen molar-refractivity contribution in [2.24, 2.45) is 0 Å². The van der Waals surface area contributed by atoms with E-state index in [2.05, 4.69) is 4.98 Å². The second-order valence-electron chi connectivity index (χ2n) is 8.70. The Morgan fingerprint density at radius 2 is 1.82 bits per heavy atom. The molecule has 1 aliphatic heterocycles. The quantitative estimate of drug-likeness (QED) is 0.133. The van der Waals surface area contributed by atoms with E-state index in [1.54, 1.807) is 24.3 Å². The van der Waals surface area contributed by atoms with Gasteiger partial charge in [-0.15, -0.1) is 0 Å². The molecule has 0 radical (unpaired) electrons. The molecule has 0 bridgehead atoms. The first kappa shape index (κ1) is 27.1. The number of thiocarbonyl (C=S) groups is 1. The predicted molar refractivity (Wildman–Crippen MR) is 159 cm³/mol. The lowest BCUT2D eigenvalue weighted by molar-refractivity contribution is -0.145. The lowest BCUT2D eigenvalue weighted by Gasteiger charge is -2.23. The number of aliphatic carboxylic acids is 1. The second kappa shape index (κ2) is 11.8. The number of thioether (sulfide) groups is 1. The summed E-state index contributed by atoms with van der Waals surface area (Å²) in [4.78, 5) is 31.3. The molecule has 1 amide bonds. The van der Waals surface area contributed by atoms with Crippen LogP contribution in [0.4, 0.5) is 0 Å². The van der Waals surface area contributed by atoms with Gasteiger partial charge in [0, 0.05) is 28.0 Å². The molecule has 39 heavy (non-hydrogen) atoms. The Hall–Kier alpha value is -3.43. The number of ether oxygens (including phenoxy) is 1. The van der Waals surface area contributed by atoms with Crippen LogP contribution in [0.25, 0.3) is 17.0 Å². The van der Waals surface area contributed by atoms with Crippen LogP contribution in [-0.2, 0) is 22.6 Å². The molecule has 10 heteroatoms. The minimum atomic E-state index is -1.13. The Bertz CT molecular complexity index is 1630. The van der Waals surface area contributed by atoms with Gasteiger partial charge in [0.05, 0.1) is 10.4 Å². The highest BCUT2D eigenvalue weighted by molar-refractivity contribution is 8.26. The number of nitrogens with zero attached hydrogens (tertiary/aromatic N) is 2. The summed E-state index contributed by atoms with van der Waals surface area (Å²) in [5.74, 6) is -0.999. The molecule has 6 nitrogen and oxygen atoms in total. The first-order valence-electron chi connectivity index (χ1n) is 11.8. The van der Waals surface area contributed by atoms with E-state index in [4.69, 9.17) is 40.2 Å². The Morgan fingerprint density at radius 3 is 2.56 bits per heavy atom. The molecule has 1 aromatic heterocycles. The summed E-state index contributed by atoms with van der Waals surface area (Å²) in [5.41, 5.74) is 2.81. The van der Waals surface area contributed by atoms with E-state index in [0.29, 0.717) is 28.5 Å². The second-order valence-corrected chi connectivity index (χ2v) is 11.1. The average Bonchev–Trinajstić information content (AvgIpc) is 3.19. The normalized spacial score (nSPS) is 15.2. The van der Waals surface area contributed by atoms with E-state index in [9.17, 15) is 14.7 Å². The molecular formula is C29H20Cl2N2O4S2. The molecular weight excluding hydrogens is 575 g/mol. The van der Waals surface area contributed by atoms with E-state index in [1.807, 2.05) is 60.7 Å². The number of fused-ring (bicyclic) bond motifs is 1. The number of carbonyl (C=O) groups excluding carboxylic acids is 1. The maximum absolute atomic E-state index is 13.3. The molecule has 5 rings (SSSR count). The SMILES string of the molecule is O=C(O)[C@H](Cc1ccccc1)N1C(=O)/C(=C/c2cc3cc(OCc4ccccc4Cl)ccc3nc2Cl)SC1=S. The van der Waals surface area contributed by atoms with Gasteiger partial charge in [-0.25, -0.2) is 9.78 Å². The van der Waals surface area contributed by atoms with Crippen LogP contribution in [0.15, 0.2) is 83.8 Å². The first-order valence-corrected chi connectivity index (χ1v) is 13.8. The first-order chi connectivity index (χ1) is 18.8. The van der Waals surface area contributed by atoms with Gasteiger partial charge in [0.1, 0.15) is 27.9 Å². The number of carboxylic acids is 1. The minimum absolute atomic E-state index is 0.130. The van der Waals surface area contributed by atoms with Gasteiger partial charge >= 0.3 is 5.97 Å². The van der Waals surface area contributed by atoms with Gasteiger partial charge in [-0.3, -0.25) is 9.69 Å². The van der Waals surface area contributed by atoms with Crippen LogP contribution in [0.3, 0.4) is 0 Å². The summed E-state index contributed by atoms with van der Waals surface area (Å²) in [6.07, 6.45) is 1.72. The predicted octanol–water partition coefficient (Wildman–Crippen LogP) is 7.02.